The third kappa shape index (κ3) is 4.50. The Morgan fingerprint density at radius 1 is 1.35 bits per heavy atom. The van der Waals surface area contributed by atoms with Crippen LogP contribution in [0.4, 0.5) is 5.69 Å². The number of hydrogen-bond acceptors (Lipinski definition) is 1. The number of anilines is 1. The molecule has 0 aliphatic carbocycles. The van der Waals surface area contributed by atoms with Gasteiger partial charge in [-0.25, -0.2) is 0 Å². The summed E-state index contributed by atoms with van der Waals surface area (Å²) in [5.74, 6) is 0.259. The summed E-state index contributed by atoms with van der Waals surface area (Å²) in [7, 11) is 0. The molecule has 1 N–H and O–H groups in total. The van der Waals surface area contributed by atoms with Gasteiger partial charge < -0.3 is 5.32 Å². The molecule has 0 saturated heterocycles. The zero-order valence-electron chi connectivity index (χ0n) is 10.5. The van der Waals surface area contributed by atoms with Crippen LogP contribution < -0.4 is 5.32 Å². The first-order chi connectivity index (χ1) is 8.19. The lowest BCUT2D eigenvalue weighted by Crippen LogP contribution is -2.22. The Hall–Kier alpha value is -0.830. The summed E-state index contributed by atoms with van der Waals surface area (Å²) in [4.78, 5) is 12.1. The zero-order valence-corrected chi connectivity index (χ0v) is 12.1. The van der Waals surface area contributed by atoms with Gasteiger partial charge in [0.2, 0.25) is 5.91 Å². The van der Waals surface area contributed by atoms with E-state index in [2.05, 4.69) is 35.1 Å². The summed E-state index contributed by atoms with van der Waals surface area (Å²) in [6.45, 7) is 4.22. The quantitative estimate of drug-likeness (QED) is 0.816. The van der Waals surface area contributed by atoms with Gasteiger partial charge in [0.15, 0.2) is 0 Å². The summed E-state index contributed by atoms with van der Waals surface area (Å²) in [5, 5.41) is 2.98. The minimum absolute atomic E-state index is 0.127. The molecule has 17 heavy (non-hydrogen) atoms. The Labute approximate surface area is 112 Å². The summed E-state index contributed by atoms with van der Waals surface area (Å²) >= 11 is 3.43. The number of carbonyl (C=O) groups is 1. The minimum Gasteiger partial charge on any atom is -0.325 e. The molecule has 0 saturated carbocycles. The van der Waals surface area contributed by atoms with Crippen LogP contribution in [0.25, 0.3) is 0 Å². The van der Waals surface area contributed by atoms with E-state index in [0.717, 1.165) is 35.8 Å². The van der Waals surface area contributed by atoms with E-state index < -0.39 is 0 Å². The number of rotatable bonds is 6. The molecule has 0 radical (unpaired) electrons. The summed E-state index contributed by atoms with van der Waals surface area (Å²) in [5.41, 5.74) is 0.854. The van der Waals surface area contributed by atoms with E-state index in [1.54, 1.807) is 0 Å². The molecule has 1 aromatic rings. The zero-order chi connectivity index (χ0) is 12.7. The molecule has 0 heterocycles. The second-order valence-electron chi connectivity index (χ2n) is 4.22. The smallest absolute Gasteiger partial charge is 0.227 e. The summed E-state index contributed by atoms with van der Waals surface area (Å²) < 4.78 is 0.929. The van der Waals surface area contributed by atoms with Gasteiger partial charge in [-0.05, 0) is 40.9 Å². The van der Waals surface area contributed by atoms with E-state index in [0.29, 0.717) is 0 Å². The molecule has 0 aliphatic rings. The Kier molecular flexibility index (Phi) is 6.27. The highest BCUT2D eigenvalue weighted by Crippen LogP contribution is 2.23. The fraction of sp³-hybridized carbons (Fsp3) is 0.500. The average molecular weight is 298 g/mol. The molecule has 3 heteroatoms. The van der Waals surface area contributed by atoms with Crippen molar-refractivity contribution >= 4 is 27.5 Å². The van der Waals surface area contributed by atoms with Crippen LogP contribution in [0.2, 0.25) is 0 Å². The highest BCUT2D eigenvalue weighted by Gasteiger charge is 2.16. The molecule has 0 fully saturated rings. The summed E-state index contributed by atoms with van der Waals surface area (Å²) in [6, 6.07) is 7.71. The van der Waals surface area contributed by atoms with Gasteiger partial charge in [0, 0.05) is 10.4 Å². The van der Waals surface area contributed by atoms with E-state index in [9.17, 15) is 4.79 Å². The third-order valence-electron chi connectivity index (χ3n) is 2.90. The van der Waals surface area contributed by atoms with Crippen LogP contribution in [0.3, 0.4) is 0 Å². The number of hydrogen-bond donors (Lipinski definition) is 1. The van der Waals surface area contributed by atoms with Gasteiger partial charge in [-0.3, -0.25) is 4.79 Å². The number of halogens is 1. The lowest BCUT2D eigenvalue weighted by Gasteiger charge is -2.15. The average Bonchev–Trinajstić information content (AvgIpc) is 2.33. The SMILES string of the molecule is CCCC[C@@H](CC)C(=O)Nc1ccccc1Br. The minimum atomic E-state index is 0.127. The maximum Gasteiger partial charge on any atom is 0.227 e. The second-order valence-corrected chi connectivity index (χ2v) is 5.07. The van der Waals surface area contributed by atoms with Crippen LogP contribution in [-0.4, -0.2) is 5.91 Å². The first kappa shape index (κ1) is 14.2. The van der Waals surface area contributed by atoms with Gasteiger partial charge in [-0.15, -0.1) is 0 Å². The molecular weight excluding hydrogens is 278 g/mol. The lowest BCUT2D eigenvalue weighted by atomic mass is 9.98. The van der Waals surface area contributed by atoms with Crippen molar-refractivity contribution in [3.63, 3.8) is 0 Å². The second kappa shape index (κ2) is 7.49. The van der Waals surface area contributed by atoms with Crippen molar-refractivity contribution < 1.29 is 4.79 Å². The molecule has 1 rings (SSSR count). The number of unbranched alkanes of at least 4 members (excludes halogenated alkanes) is 1. The Morgan fingerprint density at radius 2 is 2.06 bits per heavy atom. The van der Waals surface area contributed by atoms with Crippen LogP contribution >= 0.6 is 15.9 Å². The van der Waals surface area contributed by atoms with Crippen molar-refractivity contribution in [3.8, 4) is 0 Å². The van der Waals surface area contributed by atoms with Gasteiger partial charge in [0.1, 0.15) is 0 Å². The molecule has 0 aliphatic heterocycles. The molecule has 2 nitrogen and oxygen atoms in total. The van der Waals surface area contributed by atoms with E-state index in [1.165, 1.54) is 0 Å². The van der Waals surface area contributed by atoms with Crippen molar-refractivity contribution in [1.29, 1.82) is 0 Å². The van der Waals surface area contributed by atoms with Crippen molar-refractivity contribution in [2.75, 3.05) is 5.32 Å². The molecule has 1 aromatic carbocycles. The lowest BCUT2D eigenvalue weighted by molar-refractivity contribution is -0.120. The Balaban J connectivity index is 2.61. The molecule has 1 atom stereocenters. The van der Waals surface area contributed by atoms with E-state index in [1.807, 2.05) is 24.3 Å². The number of benzene rings is 1. The van der Waals surface area contributed by atoms with Crippen molar-refractivity contribution in [1.82, 2.24) is 0 Å². The van der Waals surface area contributed by atoms with Crippen LogP contribution in [0.1, 0.15) is 39.5 Å². The number of amides is 1. The predicted octanol–water partition coefficient (Wildman–Crippen LogP) is 4.60. The molecule has 0 unspecified atom stereocenters. The molecule has 0 spiro atoms. The Bertz CT molecular complexity index is 365. The van der Waals surface area contributed by atoms with E-state index in [4.69, 9.17) is 0 Å². The first-order valence-electron chi connectivity index (χ1n) is 6.24. The van der Waals surface area contributed by atoms with E-state index >= 15 is 0 Å². The van der Waals surface area contributed by atoms with Gasteiger partial charge in [-0.1, -0.05) is 38.8 Å². The molecule has 0 bridgehead atoms. The fourth-order valence-corrected chi connectivity index (χ4v) is 2.15. The highest BCUT2D eigenvalue weighted by molar-refractivity contribution is 9.10. The molecule has 1 amide bonds. The fourth-order valence-electron chi connectivity index (χ4n) is 1.77. The number of para-hydroxylation sites is 1. The molecule has 94 valence electrons. The van der Waals surface area contributed by atoms with Crippen LogP contribution in [0.5, 0.6) is 0 Å². The maximum atomic E-state index is 12.1. The van der Waals surface area contributed by atoms with Crippen molar-refractivity contribution in [3.05, 3.63) is 28.7 Å². The Morgan fingerprint density at radius 3 is 2.65 bits per heavy atom. The van der Waals surface area contributed by atoms with Gasteiger partial charge in [0.05, 0.1) is 5.69 Å². The van der Waals surface area contributed by atoms with Gasteiger partial charge in [0.25, 0.3) is 0 Å². The summed E-state index contributed by atoms with van der Waals surface area (Å²) in [6.07, 6.45) is 4.13. The predicted molar refractivity (Wildman–Crippen MR) is 76.1 cm³/mol. The highest BCUT2D eigenvalue weighted by atomic mass is 79.9. The van der Waals surface area contributed by atoms with Crippen LogP contribution in [0, 0.1) is 5.92 Å². The van der Waals surface area contributed by atoms with Crippen LogP contribution in [0.15, 0.2) is 28.7 Å². The van der Waals surface area contributed by atoms with Crippen molar-refractivity contribution in [2.45, 2.75) is 39.5 Å². The number of nitrogens with one attached hydrogen (secondary N) is 1. The van der Waals surface area contributed by atoms with Crippen molar-refractivity contribution in [2.24, 2.45) is 5.92 Å². The molecule has 0 aromatic heterocycles. The van der Waals surface area contributed by atoms with Gasteiger partial charge >= 0.3 is 0 Å². The topological polar surface area (TPSA) is 29.1 Å². The number of carbonyl (C=O) groups excluding carboxylic acids is 1. The van der Waals surface area contributed by atoms with E-state index in [-0.39, 0.29) is 11.8 Å². The third-order valence-corrected chi connectivity index (χ3v) is 3.59. The monoisotopic (exact) mass is 297 g/mol. The molecular formula is C14H20BrNO. The van der Waals surface area contributed by atoms with Gasteiger partial charge in [-0.2, -0.15) is 0 Å². The maximum absolute atomic E-state index is 12.1. The normalized spacial score (nSPS) is 12.2. The first-order valence-corrected chi connectivity index (χ1v) is 7.03. The van der Waals surface area contributed by atoms with Crippen LogP contribution in [-0.2, 0) is 4.79 Å². The largest absolute Gasteiger partial charge is 0.325 e. The standard InChI is InChI=1S/C14H20BrNO/c1-3-5-8-11(4-2)14(17)16-13-10-7-6-9-12(13)15/h6-7,9-11H,3-5,8H2,1-2H3,(H,16,17)/t11-/m1/s1.